The van der Waals surface area contributed by atoms with Crippen molar-refractivity contribution in [3.8, 4) is 0 Å². The number of benzene rings is 1. The number of hydrogen-bond acceptors (Lipinski definition) is 3. The van der Waals surface area contributed by atoms with Gasteiger partial charge in [0.25, 0.3) is 5.91 Å². The van der Waals surface area contributed by atoms with Crippen molar-refractivity contribution in [2.24, 2.45) is 0 Å². The molecule has 0 N–H and O–H groups in total. The van der Waals surface area contributed by atoms with E-state index < -0.39 is 0 Å². The van der Waals surface area contributed by atoms with E-state index in [1.54, 1.807) is 9.80 Å². The number of hydrogen-bond donors (Lipinski definition) is 0. The van der Waals surface area contributed by atoms with Crippen LogP contribution in [-0.4, -0.2) is 57.9 Å². The third-order valence-electron chi connectivity index (χ3n) is 5.50. The minimum absolute atomic E-state index is 0.0271. The molecule has 5 nitrogen and oxygen atoms in total. The van der Waals surface area contributed by atoms with Crippen molar-refractivity contribution in [1.82, 2.24) is 14.7 Å². The third-order valence-corrected chi connectivity index (χ3v) is 5.50. The number of urea groups is 1. The maximum atomic E-state index is 12.6. The molecule has 4 rings (SSSR count). The van der Waals surface area contributed by atoms with Crippen LogP contribution >= 0.6 is 0 Å². The molecule has 0 radical (unpaired) electrons. The first kappa shape index (κ1) is 14.7. The van der Waals surface area contributed by atoms with Gasteiger partial charge in [-0.25, -0.2) is 4.79 Å². The summed E-state index contributed by atoms with van der Waals surface area (Å²) >= 11 is 0. The molecule has 3 atom stereocenters. The minimum Gasteiger partial charge on any atom is -0.312 e. The molecule has 1 aromatic carbocycles. The summed E-state index contributed by atoms with van der Waals surface area (Å²) in [4.78, 5) is 30.9. The van der Waals surface area contributed by atoms with E-state index in [9.17, 15) is 9.59 Å². The van der Waals surface area contributed by atoms with Gasteiger partial charge in [-0.05, 0) is 31.7 Å². The predicted octanol–water partition coefficient (Wildman–Crippen LogP) is 2.08. The second-order valence-corrected chi connectivity index (χ2v) is 7.00. The Morgan fingerprint density at radius 1 is 1.17 bits per heavy atom. The molecule has 122 valence electrons. The highest BCUT2D eigenvalue weighted by atomic mass is 16.2. The Balaban J connectivity index is 1.47. The second kappa shape index (κ2) is 5.64. The van der Waals surface area contributed by atoms with Gasteiger partial charge in [-0.2, -0.15) is 0 Å². The van der Waals surface area contributed by atoms with Crippen LogP contribution in [0.25, 0.3) is 0 Å². The van der Waals surface area contributed by atoms with Crippen LogP contribution in [0.15, 0.2) is 30.3 Å². The van der Waals surface area contributed by atoms with E-state index in [2.05, 4.69) is 36.1 Å². The fourth-order valence-corrected chi connectivity index (χ4v) is 4.28. The highest BCUT2D eigenvalue weighted by Gasteiger charge is 2.51. The molecule has 3 fully saturated rings. The van der Waals surface area contributed by atoms with Gasteiger partial charge in [-0.1, -0.05) is 30.3 Å². The fraction of sp³-hybridized carbons (Fsp3) is 0.556. The van der Waals surface area contributed by atoms with Crippen LogP contribution in [0.4, 0.5) is 4.79 Å². The number of rotatable bonds is 3. The van der Waals surface area contributed by atoms with Crippen LogP contribution in [0.5, 0.6) is 0 Å². The van der Waals surface area contributed by atoms with Crippen molar-refractivity contribution in [3.63, 3.8) is 0 Å². The quantitative estimate of drug-likeness (QED) is 0.803. The molecule has 23 heavy (non-hydrogen) atoms. The smallest absolute Gasteiger partial charge is 0.312 e. The Kier molecular flexibility index (Phi) is 3.60. The summed E-state index contributed by atoms with van der Waals surface area (Å²) in [6.45, 7) is 4.59. The van der Waals surface area contributed by atoms with E-state index in [1.807, 2.05) is 6.07 Å². The number of amides is 3. The zero-order chi connectivity index (χ0) is 16.0. The second-order valence-electron chi connectivity index (χ2n) is 7.00. The molecule has 1 aromatic rings. The van der Waals surface area contributed by atoms with Gasteiger partial charge in [-0.3, -0.25) is 14.6 Å². The van der Waals surface area contributed by atoms with Gasteiger partial charge in [-0.15, -0.1) is 0 Å². The third kappa shape index (κ3) is 2.43. The van der Waals surface area contributed by atoms with E-state index in [0.29, 0.717) is 6.04 Å². The Bertz CT molecular complexity index is 596. The molecule has 0 bridgehead atoms. The lowest BCUT2D eigenvalue weighted by Crippen LogP contribution is -2.43. The van der Waals surface area contributed by atoms with Gasteiger partial charge in [0.1, 0.15) is 6.04 Å². The number of nitrogens with zero attached hydrogens (tertiary/aromatic N) is 3. The first-order valence-corrected chi connectivity index (χ1v) is 8.57. The fourth-order valence-electron chi connectivity index (χ4n) is 4.28. The Labute approximate surface area is 136 Å². The molecule has 3 saturated heterocycles. The standard InChI is InChI=1S/C18H23N3O2/c1-13-10-15(12-19(13)11-14-6-3-2-4-7-14)21-17(22)16-8-5-9-20(16)18(21)23/h2-4,6-7,13,15-16H,5,8-12H2,1H3/t13-,15-,16+/m0/s1. The lowest BCUT2D eigenvalue weighted by molar-refractivity contribution is -0.129. The molecule has 3 aliphatic heterocycles. The SMILES string of the molecule is C[C@H]1C[C@H](N2C(=O)[C@H]3CCCN3C2=O)CN1Cc1ccccc1. The first-order valence-electron chi connectivity index (χ1n) is 8.57. The number of fused-ring (bicyclic) bond motifs is 1. The highest BCUT2D eigenvalue weighted by molar-refractivity contribution is 6.05. The van der Waals surface area contributed by atoms with Crippen molar-refractivity contribution in [1.29, 1.82) is 0 Å². The van der Waals surface area contributed by atoms with Crippen molar-refractivity contribution in [2.45, 2.75) is 50.9 Å². The number of likely N-dealkylation sites (tertiary alicyclic amines) is 1. The molecule has 3 aliphatic rings. The summed E-state index contributed by atoms with van der Waals surface area (Å²) in [6.07, 6.45) is 2.67. The number of carbonyl (C=O) groups is 2. The summed E-state index contributed by atoms with van der Waals surface area (Å²) < 4.78 is 0. The molecule has 3 heterocycles. The van der Waals surface area contributed by atoms with Crippen LogP contribution in [0.1, 0.15) is 31.7 Å². The van der Waals surface area contributed by atoms with E-state index in [1.165, 1.54) is 5.56 Å². The summed E-state index contributed by atoms with van der Waals surface area (Å²) in [5, 5.41) is 0. The normalized spacial score (nSPS) is 31.3. The van der Waals surface area contributed by atoms with Crippen molar-refractivity contribution < 1.29 is 9.59 Å². The minimum atomic E-state index is -0.180. The molecule has 0 aliphatic carbocycles. The molecule has 3 amide bonds. The van der Waals surface area contributed by atoms with Gasteiger partial charge in [0.15, 0.2) is 0 Å². The molecule has 0 unspecified atom stereocenters. The Morgan fingerprint density at radius 3 is 2.70 bits per heavy atom. The molecule has 0 aromatic heterocycles. The molecule has 0 saturated carbocycles. The van der Waals surface area contributed by atoms with Gasteiger partial charge >= 0.3 is 6.03 Å². The van der Waals surface area contributed by atoms with Gasteiger partial charge in [0, 0.05) is 25.7 Å². The summed E-state index contributed by atoms with van der Waals surface area (Å²) in [7, 11) is 0. The largest absolute Gasteiger partial charge is 0.327 e. The lowest BCUT2D eigenvalue weighted by atomic mass is 10.1. The number of carbonyl (C=O) groups excluding carboxylic acids is 2. The monoisotopic (exact) mass is 313 g/mol. The topological polar surface area (TPSA) is 43.9 Å². The highest BCUT2D eigenvalue weighted by Crippen LogP contribution is 2.33. The van der Waals surface area contributed by atoms with E-state index >= 15 is 0 Å². The average molecular weight is 313 g/mol. The van der Waals surface area contributed by atoms with Crippen molar-refractivity contribution >= 4 is 11.9 Å². The van der Waals surface area contributed by atoms with Crippen molar-refractivity contribution in [3.05, 3.63) is 35.9 Å². The summed E-state index contributed by atoms with van der Waals surface area (Å²) in [5.41, 5.74) is 1.28. The molecule has 0 spiro atoms. The van der Waals surface area contributed by atoms with Gasteiger partial charge in [0.2, 0.25) is 0 Å². The first-order chi connectivity index (χ1) is 11.1. The molecule has 5 heteroatoms. The van der Waals surface area contributed by atoms with E-state index in [-0.39, 0.29) is 24.0 Å². The van der Waals surface area contributed by atoms with Crippen LogP contribution in [0.3, 0.4) is 0 Å². The predicted molar refractivity (Wildman–Crippen MR) is 86.7 cm³/mol. The Hall–Kier alpha value is -1.88. The van der Waals surface area contributed by atoms with Gasteiger partial charge < -0.3 is 4.90 Å². The summed E-state index contributed by atoms with van der Waals surface area (Å²) in [5.74, 6) is 0.0336. The number of imide groups is 1. The van der Waals surface area contributed by atoms with E-state index in [0.717, 1.165) is 38.9 Å². The lowest BCUT2D eigenvalue weighted by Gasteiger charge is -2.23. The molecular formula is C18H23N3O2. The average Bonchev–Trinajstić information content (AvgIpc) is 3.21. The van der Waals surface area contributed by atoms with Crippen LogP contribution in [0.2, 0.25) is 0 Å². The molecular weight excluding hydrogens is 290 g/mol. The zero-order valence-electron chi connectivity index (χ0n) is 13.5. The van der Waals surface area contributed by atoms with Crippen LogP contribution in [0, 0.1) is 0 Å². The Morgan fingerprint density at radius 2 is 1.96 bits per heavy atom. The maximum Gasteiger partial charge on any atom is 0.327 e. The van der Waals surface area contributed by atoms with E-state index in [4.69, 9.17) is 0 Å². The zero-order valence-corrected chi connectivity index (χ0v) is 13.5. The summed E-state index contributed by atoms with van der Waals surface area (Å²) in [6, 6.07) is 10.6. The van der Waals surface area contributed by atoms with Crippen molar-refractivity contribution in [2.75, 3.05) is 13.1 Å². The van der Waals surface area contributed by atoms with Gasteiger partial charge in [0.05, 0.1) is 6.04 Å². The maximum absolute atomic E-state index is 12.6. The van der Waals surface area contributed by atoms with Crippen LogP contribution < -0.4 is 0 Å². The van der Waals surface area contributed by atoms with Crippen LogP contribution in [-0.2, 0) is 11.3 Å².